The van der Waals surface area contributed by atoms with Gasteiger partial charge in [-0.25, -0.2) is 4.39 Å². The Balaban J connectivity index is 1.02. The molecule has 2 heteroatoms. The molecule has 0 aliphatic carbocycles. The number of halogens is 1. The van der Waals surface area contributed by atoms with Gasteiger partial charge in [-0.05, 0) is 125 Å². The maximum Gasteiger partial charge on any atom is 0.123 e. The van der Waals surface area contributed by atoms with Crippen LogP contribution in [0.2, 0.25) is 0 Å². The second kappa shape index (κ2) is 14.2. The number of benzene rings is 10. The van der Waals surface area contributed by atoms with E-state index in [-0.39, 0.29) is 5.82 Å². The molecular formula is C54H36FN. The Bertz CT molecular complexity index is 2920. The summed E-state index contributed by atoms with van der Waals surface area (Å²) in [5, 5.41) is 7.48. The van der Waals surface area contributed by atoms with Gasteiger partial charge in [0.05, 0.1) is 0 Å². The first-order valence-corrected chi connectivity index (χ1v) is 19.0. The molecule has 0 aliphatic rings. The molecule has 0 radical (unpaired) electrons. The molecule has 0 N–H and O–H groups in total. The minimum absolute atomic E-state index is 0.256. The predicted molar refractivity (Wildman–Crippen MR) is 235 cm³/mol. The Morgan fingerprint density at radius 2 is 0.643 bits per heavy atom. The van der Waals surface area contributed by atoms with Gasteiger partial charge in [0, 0.05) is 17.1 Å². The summed E-state index contributed by atoms with van der Waals surface area (Å²) in [7, 11) is 0. The molecule has 10 aromatic carbocycles. The first kappa shape index (κ1) is 33.3. The molecule has 264 valence electrons. The van der Waals surface area contributed by atoms with Crippen LogP contribution in [0.4, 0.5) is 21.5 Å². The van der Waals surface area contributed by atoms with Gasteiger partial charge in [0.25, 0.3) is 0 Å². The summed E-state index contributed by atoms with van der Waals surface area (Å²) in [4.78, 5) is 2.17. The van der Waals surface area contributed by atoms with Crippen molar-refractivity contribution in [1.82, 2.24) is 0 Å². The van der Waals surface area contributed by atoms with E-state index in [0.29, 0.717) is 0 Å². The number of fused-ring (bicyclic) bond motifs is 3. The number of hydrogen-bond donors (Lipinski definition) is 0. The lowest BCUT2D eigenvalue weighted by Crippen LogP contribution is -2.09. The molecule has 0 spiro atoms. The van der Waals surface area contributed by atoms with Crippen LogP contribution in [-0.2, 0) is 0 Å². The van der Waals surface area contributed by atoms with Crippen LogP contribution in [0.5, 0.6) is 0 Å². The molecule has 56 heavy (non-hydrogen) atoms. The molecule has 0 bridgehead atoms. The van der Waals surface area contributed by atoms with Crippen LogP contribution < -0.4 is 4.90 Å². The normalized spacial score (nSPS) is 11.3. The molecule has 0 unspecified atom stereocenters. The highest BCUT2D eigenvalue weighted by molar-refractivity contribution is 6.23. The molecule has 0 saturated heterocycles. The van der Waals surface area contributed by atoms with Crippen molar-refractivity contribution < 1.29 is 4.39 Å². The Hall–Kier alpha value is -7.29. The zero-order valence-corrected chi connectivity index (χ0v) is 30.6. The Morgan fingerprint density at radius 1 is 0.268 bits per heavy atom. The van der Waals surface area contributed by atoms with E-state index < -0.39 is 0 Å². The van der Waals surface area contributed by atoms with Crippen molar-refractivity contribution in [2.45, 2.75) is 0 Å². The average molecular weight is 718 g/mol. The molecule has 0 atom stereocenters. The van der Waals surface area contributed by atoms with Crippen molar-refractivity contribution in [2.24, 2.45) is 0 Å². The fraction of sp³-hybridized carbons (Fsp3) is 0. The maximum absolute atomic E-state index is 14.0. The summed E-state index contributed by atoms with van der Waals surface area (Å²) in [5.41, 5.74) is 12.4. The lowest BCUT2D eigenvalue weighted by molar-refractivity contribution is 0.628. The first-order valence-electron chi connectivity index (χ1n) is 19.0. The second-order valence-electron chi connectivity index (χ2n) is 14.2. The van der Waals surface area contributed by atoms with E-state index in [9.17, 15) is 4.39 Å². The van der Waals surface area contributed by atoms with Crippen molar-refractivity contribution in [2.75, 3.05) is 4.90 Å². The summed E-state index contributed by atoms with van der Waals surface area (Å²) in [5.74, 6) is -0.256. The van der Waals surface area contributed by atoms with Gasteiger partial charge in [-0.1, -0.05) is 170 Å². The van der Waals surface area contributed by atoms with Gasteiger partial charge >= 0.3 is 0 Å². The molecule has 0 aliphatic heterocycles. The van der Waals surface area contributed by atoms with Gasteiger partial charge in [-0.3, -0.25) is 0 Å². The topological polar surface area (TPSA) is 3.24 Å². The van der Waals surface area contributed by atoms with Gasteiger partial charge in [-0.2, -0.15) is 0 Å². The van der Waals surface area contributed by atoms with Crippen LogP contribution >= 0.6 is 0 Å². The van der Waals surface area contributed by atoms with Crippen molar-refractivity contribution in [3.05, 3.63) is 224 Å². The molecular weight excluding hydrogens is 682 g/mol. The standard InChI is InChI=1S/C54H36FN/c55-43-29-35-46(36-30-43)56(44-31-25-39(26-32-44)37-11-2-1-3-12-37)45-33-27-40(28-34-45)38-21-23-42(24-22-38)53-49-16-6-8-18-51(49)54(52-19-9-7-17-50(52)53)48-20-10-14-41-13-4-5-15-47(41)48/h1-36H. The van der Waals surface area contributed by atoms with Crippen molar-refractivity contribution in [3.8, 4) is 44.5 Å². The van der Waals surface area contributed by atoms with Gasteiger partial charge in [0.2, 0.25) is 0 Å². The van der Waals surface area contributed by atoms with Crippen LogP contribution in [-0.4, -0.2) is 0 Å². The van der Waals surface area contributed by atoms with Gasteiger partial charge in [-0.15, -0.1) is 0 Å². The number of hydrogen-bond acceptors (Lipinski definition) is 1. The summed E-state index contributed by atoms with van der Waals surface area (Å²) < 4.78 is 14.0. The number of anilines is 3. The Labute approximate surface area is 326 Å². The third-order valence-corrected chi connectivity index (χ3v) is 10.9. The largest absolute Gasteiger partial charge is 0.311 e. The van der Waals surface area contributed by atoms with Crippen molar-refractivity contribution in [3.63, 3.8) is 0 Å². The third kappa shape index (κ3) is 5.98. The van der Waals surface area contributed by atoms with Crippen LogP contribution in [0.1, 0.15) is 0 Å². The summed E-state index contributed by atoms with van der Waals surface area (Å²) in [6.07, 6.45) is 0. The lowest BCUT2D eigenvalue weighted by Gasteiger charge is -2.26. The highest BCUT2D eigenvalue weighted by atomic mass is 19.1. The van der Waals surface area contributed by atoms with Crippen LogP contribution in [0.25, 0.3) is 76.8 Å². The van der Waals surface area contributed by atoms with E-state index in [2.05, 4.69) is 193 Å². The molecule has 0 heterocycles. The Kier molecular flexibility index (Phi) is 8.42. The monoisotopic (exact) mass is 717 g/mol. The number of rotatable bonds is 7. The molecule has 0 saturated carbocycles. The summed E-state index contributed by atoms with van der Waals surface area (Å²) >= 11 is 0. The van der Waals surface area contributed by atoms with Crippen molar-refractivity contribution in [1.29, 1.82) is 0 Å². The van der Waals surface area contributed by atoms with Crippen LogP contribution in [0.3, 0.4) is 0 Å². The Morgan fingerprint density at radius 3 is 1.18 bits per heavy atom. The van der Waals surface area contributed by atoms with E-state index in [0.717, 1.165) is 33.8 Å². The second-order valence-corrected chi connectivity index (χ2v) is 14.2. The first-order chi connectivity index (χ1) is 27.7. The molecule has 1 nitrogen and oxygen atoms in total. The molecule has 10 rings (SSSR count). The highest BCUT2D eigenvalue weighted by Crippen LogP contribution is 2.45. The smallest absolute Gasteiger partial charge is 0.123 e. The minimum Gasteiger partial charge on any atom is -0.311 e. The van der Waals surface area contributed by atoms with E-state index >= 15 is 0 Å². The summed E-state index contributed by atoms with van der Waals surface area (Å²) in [6.45, 7) is 0. The predicted octanol–water partition coefficient (Wildman–Crippen LogP) is 15.4. The molecule has 0 aromatic heterocycles. The van der Waals surface area contributed by atoms with Crippen molar-refractivity contribution >= 4 is 49.4 Å². The molecule has 10 aromatic rings. The highest BCUT2D eigenvalue weighted by Gasteiger charge is 2.18. The SMILES string of the molecule is Fc1ccc(N(c2ccc(-c3ccccc3)cc2)c2ccc(-c3ccc(-c4c5ccccc5c(-c5cccc6ccccc56)c5ccccc45)cc3)cc2)cc1. The van der Waals surface area contributed by atoms with Crippen LogP contribution in [0.15, 0.2) is 218 Å². The zero-order chi connectivity index (χ0) is 37.4. The average Bonchev–Trinajstić information content (AvgIpc) is 3.27. The minimum atomic E-state index is -0.256. The van der Waals surface area contributed by atoms with Gasteiger partial charge in [0.15, 0.2) is 0 Å². The van der Waals surface area contributed by atoms with E-state index in [4.69, 9.17) is 0 Å². The summed E-state index contributed by atoms with van der Waals surface area (Å²) in [6, 6.07) is 76.1. The van der Waals surface area contributed by atoms with E-state index in [1.807, 2.05) is 18.2 Å². The van der Waals surface area contributed by atoms with E-state index in [1.165, 1.54) is 72.3 Å². The molecule has 0 amide bonds. The van der Waals surface area contributed by atoms with Gasteiger partial charge < -0.3 is 4.90 Å². The zero-order valence-electron chi connectivity index (χ0n) is 30.6. The number of nitrogens with zero attached hydrogens (tertiary/aromatic N) is 1. The quantitative estimate of drug-likeness (QED) is 0.148. The lowest BCUT2D eigenvalue weighted by atomic mass is 9.84. The fourth-order valence-electron chi connectivity index (χ4n) is 8.28. The van der Waals surface area contributed by atoms with Crippen LogP contribution in [0, 0.1) is 5.82 Å². The molecule has 0 fully saturated rings. The van der Waals surface area contributed by atoms with Gasteiger partial charge in [0.1, 0.15) is 5.82 Å². The third-order valence-electron chi connectivity index (χ3n) is 10.9. The maximum atomic E-state index is 14.0. The van der Waals surface area contributed by atoms with E-state index in [1.54, 1.807) is 0 Å². The fourth-order valence-corrected chi connectivity index (χ4v) is 8.28.